The van der Waals surface area contributed by atoms with E-state index in [-0.39, 0.29) is 6.04 Å². The van der Waals surface area contributed by atoms with Gasteiger partial charge in [0, 0.05) is 18.4 Å². The number of nitrogens with two attached hydrogens (primary N) is 1. The minimum Gasteiger partial charge on any atom is -0.339 e. The monoisotopic (exact) mass is 223 g/mol. The highest BCUT2D eigenvalue weighted by Gasteiger charge is 2.23. The van der Waals surface area contributed by atoms with Gasteiger partial charge < -0.3 is 10.3 Å². The minimum absolute atomic E-state index is 0.108. The Hall–Kier alpha value is -0.900. The van der Waals surface area contributed by atoms with Crippen LogP contribution in [0.15, 0.2) is 4.52 Å². The van der Waals surface area contributed by atoms with Crippen molar-refractivity contribution in [3.8, 4) is 0 Å². The van der Waals surface area contributed by atoms with E-state index < -0.39 is 0 Å². The molecule has 1 aromatic heterocycles. The van der Waals surface area contributed by atoms with Gasteiger partial charge in [0.05, 0.1) is 0 Å². The van der Waals surface area contributed by atoms with Gasteiger partial charge in [0.1, 0.15) is 0 Å². The predicted molar refractivity (Wildman–Crippen MR) is 62.0 cm³/mol. The lowest BCUT2D eigenvalue weighted by atomic mass is 10.0. The van der Waals surface area contributed by atoms with Crippen LogP contribution in [0, 0.1) is 5.92 Å². The van der Waals surface area contributed by atoms with Crippen molar-refractivity contribution >= 4 is 0 Å². The largest absolute Gasteiger partial charge is 0.339 e. The summed E-state index contributed by atoms with van der Waals surface area (Å²) in [6.07, 6.45) is 5.68. The molecular formula is C12H21N3O. The van der Waals surface area contributed by atoms with Gasteiger partial charge in [0.2, 0.25) is 5.89 Å². The van der Waals surface area contributed by atoms with E-state index in [1.54, 1.807) is 0 Å². The van der Waals surface area contributed by atoms with Gasteiger partial charge in [-0.25, -0.2) is 0 Å². The first-order valence-electron chi connectivity index (χ1n) is 6.25. The van der Waals surface area contributed by atoms with Crippen molar-refractivity contribution in [2.24, 2.45) is 11.7 Å². The van der Waals surface area contributed by atoms with E-state index in [0.29, 0.717) is 24.1 Å². The van der Waals surface area contributed by atoms with Crippen LogP contribution in [0.3, 0.4) is 0 Å². The number of hydrogen-bond donors (Lipinski definition) is 1. The van der Waals surface area contributed by atoms with Crippen LogP contribution in [-0.2, 0) is 6.42 Å². The smallest absolute Gasteiger partial charge is 0.228 e. The van der Waals surface area contributed by atoms with Gasteiger partial charge >= 0.3 is 0 Å². The van der Waals surface area contributed by atoms with Crippen molar-refractivity contribution in [3.63, 3.8) is 0 Å². The normalized spacial score (nSPS) is 19.5. The third-order valence-electron chi connectivity index (χ3n) is 3.47. The van der Waals surface area contributed by atoms with Crippen molar-refractivity contribution in [2.45, 2.75) is 57.9 Å². The van der Waals surface area contributed by atoms with Crippen molar-refractivity contribution in [2.75, 3.05) is 0 Å². The third-order valence-corrected chi connectivity index (χ3v) is 3.47. The maximum atomic E-state index is 5.98. The molecule has 1 fully saturated rings. The number of rotatable bonds is 4. The summed E-state index contributed by atoms with van der Waals surface area (Å²) in [4.78, 5) is 4.46. The molecule has 2 N–H and O–H groups in total. The standard InChI is InChI=1S/C12H21N3O/c1-8(2)10(13)7-11-14-12(15-16-11)9-5-3-4-6-9/h8-10H,3-7,13H2,1-2H3. The Morgan fingerprint density at radius 2 is 2.06 bits per heavy atom. The van der Waals surface area contributed by atoms with Crippen molar-refractivity contribution in [1.82, 2.24) is 10.1 Å². The van der Waals surface area contributed by atoms with E-state index in [9.17, 15) is 0 Å². The van der Waals surface area contributed by atoms with Crippen LogP contribution in [0.1, 0.15) is 57.2 Å². The fourth-order valence-corrected chi connectivity index (χ4v) is 2.14. The van der Waals surface area contributed by atoms with Crippen LogP contribution in [0.4, 0.5) is 0 Å². The molecule has 1 atom stereocenters. The summed E-state index contributed by atoms with van der Waals surface area (Å²) < 4.78 is 5.26. The highest BCUT2D eigenvalue weighted by Crippen LogP contribution is 2.32. The molecule has 0 aromatic carbocycles. The molecule has 0 bridgehead atoms. The molecule has 90 valence electrons. The van der Waals surface area contributed by atoms with Gasteiger partial charge in [-0.05, 0) is 18.8 Å². The molecule has 1 saturated carbocycles. The summed E-state index contributed by atoms with van der Waals surface area (Å²) >= 11 is 0. The molecule has 1 aliphatic rings. The Labute approximate surface area is 96.6 Å². The topological polar surface area (TPSA) is 64.9 Å². The molecule has 2 rings (SSSR count). The second-order valence-electron chi connectivity index (χ2n) is 5.14. The SMILES string of the molecule is CC(C)C(N)Cc1nc(C2CCCC2)no1. The molecule has 0 radical (unpaired) electrons. The Kier molecular flexibility index (Phi) is 3.59. The van der Waals surface area contributed by atoms with E-state index >= 15 is 0 Å². The molecule has 4 heteroatoms. The van der Waals surface area contributed by atoms with Gasteiger partial charge in [-0.15, -0.1) is 0 Å². The molecule has 1 aromatic rings. The van der Waals surface area contributed by atoms with Gasteiger partial charge in [0.15, 0.2) is 5.82 Å². The average molecular weight is 223 g/mol. The fourth-order valence-electron chi connectivity index (χ4n) is 2.14. The van der Waals surface area contributed by atoms with Gasteiger partial charge in [-0.1, -0.05) is 31.8 Å². The Balaban J connectivity index is 1.96. The van der Waals surface area contributed by atoms with E-state index in [1.807, 2.05) is 0 Å². The molecule has 0 amide bonds. The van der Waals surface area contributed by atoms with Crippen molar-refractivity contribution in [1.29, 1.82) is 0 Å². The predicted octanol–water partition coefficient (Wildman–Crippen LogP) is 2.25. The van der Waals surface area contributed by atoms with Gasteiger partial charge in [-0.3, -0.25) is 0 Å². The second kappa shape index (κ2) is 4.95. The molecular weight excluding hydrogens is 202 g/mol. The van der Waals surface area contributed by atoms with Crippen molar-refractivity contribution < 1.29 is 4.52 Å². The summed E-state index contributed by atoms with van der Waals surface area (Å²) in [5.74, 6) is 2.56. The van der Waals surface area contributed by atoms with Crippen LogP contribution in [-0.4, -0.2) is 16.2 Å². The van der Waals surface area contributed by atoms with Gasteiger partial charge in [-0.2, -0.15) is 4.98 Å². The Morgan fingerprint density at radius 3 is 2.69 bits per heavy atom. The van der Waals surface area contributed by atoms with E-state index in [4.69, 9.17) is 10.3 Å². The zero-order valence-electron chi connectivity index (χ0n) is 10.1. The quantitative estimate of drug-likeness (QED) is 0.850. The van der Waals surface area contributed by atoms with Gasteiger partial charge in [0.25, 0.3) is 0 Å². The van der Waals surface area contributed by atoms with E-state index in [1.165, 1.54) is 25.7 Å². The van der Waals surface area contributed by atoms with Crippen LogP contribution in [0.25, 0.3) is 0 Å². The average Bonchev–Trinajstić information content (AvgIpc) is 2.85. The molecule has 1 unspecified atom stereocenters. The first-order valence-corrected chi connectivity index (χ1v) is 6.25. The minimum atomic E-state index is 0.108. The lowest BCUT2D eigenvalue weighted by Crippen LogP contribution is -2.28. The number of hydrogen-bond acceptors (Lipinski definition) is 4. The summed E-state index contributed by atoms with van der Waals surface area (Å²) in [7, 11) is 0. The summed E-state index contributed by atoms with van der Waals surface area (Å²) in [5, 5.41) is 4.07. The molecule has 0 saturated heterocycles. The maximum absolute atomic E-state index is 5.98. The molecule has 1 aliphatic carbocycles. The summed E-state index contributed by atoms with van der Waals surface area (Å²) in [6, 6.07) is 0.108. The summed E-state index contributed by atoms with van der Waals surface area (Å²) in [5.41, 5.74) is 5.98. The lowest BCUT2D eigenvalue weighted by molar-refractivity contribution is 0.347. The fraction of sp³-hybridized carbons (Fsp3) is 0.833. The molecule has 1 heterocycles. The lowest BCUT2D eigenvalue weighted by Gasteiger charge is -2.12. The number of nitrogens with zero attached hydrogens (tertiary/aromatic N) is 2. The summed E-state index contributed by atoms with van der Waals surface area (Å²) in [6.45, 7) is 4.22. The van der Waals surface area contributed by atoms with Crippen LogP contribution < -0.4 is 5.73 Å². The molecule has 16 heavy (non-hydrogen) atoms. The van der Waals surface area contributed by atoms with Crippen LogP contribution in [0.2, 0.25) is 0 Å². The molecule has 4 nitrogen and oxygen atoms in total. The number of aromatic nitrogens is 2. The zero-order valence-corrected chi connectivity index (χ0v) is 10.1. The van der Waals surface area contributed by atoms with Crippen LogP contribution >= 0.6 is 0 Å². The molecule has 0 spiro atoms. The van der Waals surface area contributed by atoms with Crippen molar-refractivity contribution in [3.05, 3.63) is 11.7 Å². The first kappa shape index (κ1) is 11.6. The van der Waals surface area contributed by atoms with Crippen LogP contribution in [0.5, 0.6) is 0 Å². The zero-order chi connectivity index (χ0) is 11.5. The Bertz CT molecular complexity index is 329. The van der Waals surface area contributed by atoms with E-state index in [0.717, 1.165) is 5.82 Å². The molecule has 0 aliphatic heterocycles. The Morgan fingerprint density at radius 1 is 1.38 bits per heavy atom. The van der Waals surface area contributed by atoms with E-state index in [2.05, 4.69) is 24.0 Å². The highest BCUT2D eigenvalue weighted by atomic mass is 16.5. The second-order valence-corrected chi connectivity index (χ2v) is 5.14. The third kappa shape index (κ3) is 2.61. The first-order chi connectivity index (χ1) is 7.66. The maximum Gasteiger partial charge on any atom is 0.228 e. The highest BCUT2D eigenvalue weighted by molar-refractivity contribution is 4.98.